The highest BCUT2D eigenvalue weighted by Crippen LogP contribution is 2.45. The molecule has 5 rings (SSSR count). The van der Waals surface area contributed by atoms with E-state index in [0.29, 0.717) is 12.3 Å². The van der Waals surface area contributed by atoms with Gasteiger partial charge in [0.1, 0.15) is 18.4 Å². The Morgan fingerprint density at radius 2 is 1.95 bits per heavy atom. The molecule has 222 valence electrons. The van der Waals surface area contributed by atoms with Crippen LogP contribution >= 0.6 is 0 Å². The average Bonchev–Trinajstić information content (AvgIpc) is 3.42. The molecular weight excluding hydrogens is 542 g/mol. The maximum Gasteiger partial charge on any atom is 0.291 e. The van der Waals surface area contributed by atoms with Crippen LogP contribution in [0.2, 0.25) is 25.7 Å². The van der Waals surface area contributed by atoms with Gasteiger partial charge in [-0.25, -0.2) is 9.97 Å². The number of amides is 1. The number of nitriles is 1. The molecule has 3 aliphatic rings. The van der Waals surface area contributed by atoms with Crippen LogP contribution in [-0.4, -0.2) is 46.3 Å². The number of nitrogens with one attached hydrogen (secondary N) is 1. The third-order valence-corrected chi connectivity index (χ3v) is 10.00. The first-order valence-corrected chi connectivity index (χ1v) is 18.6. The Hall–Kier alpha value is -3.32. The number of hydrogen-bond donors (Lipinski definition) is 1. The topological polar surface area (TPSA) is 102 Å². The van der Waals surface area contributed by atoms with E-state index in [0.717, 1.165) is 54.3 Å². The lowest BCUT2D eigenvalue weighted by Crippen LogP contribution is -2.35. The second-order valence-electron chi connectivity index (χ2n) is 14.3. The molecule has 1 amide bonds. The first-order chi connectivity index (χ1) is 19.7. The summed E-state index contributed by atoms with van der Waals surface area (Å²) in [5.74, 6) is -0.255. The fraction of sp³-hybridized carbons (Fsp3) is 0.515. The fourth-order valence-corrected chi connectivity index (χ4v) is 6.53. The van der Waals surface area contributed by atoms with E-state index in [1.165, 1.54) is 0 Å². The highest BCUT2D eigenvalue weighted by atomic mass is 28.3. The number of rotatable bonds is 9. The van der Waals surface area contributed by atoms with Crippen molar-refractivity contribution >= 4 is 30.8 Å². The Morgan fingerprint density at radius 3 is 2.62 bits per heavy atom. The molecule has 0 fully saturated rings. The highest BCUT2D eigenvalue weighted by Gasteiger charge is 2.42. The quantitative estimate of drug-likeness (QED) is 0.190. The lowest BCUT2D eigenvalue weighted by molar-refractivity contribution is -0.0473. The number of carbonyl (C=O) groups is 1. The van der Waals surface area contributed by atoms with Gasteiger partial charge in [0.2, 0.25) is 5.82 Å². The third kappa shape index (κ3) is 6.83. The van der Waals surface area contributed by atoms with Crippen LogP contribution in [0, 0.1) is 16.7 Å². The molecule has 1 aliphatic carbocycles. The van der Waals surface area contributed by atoms with Gasteiger partial charge in [0.15, 0.2) is 5.69 Å². The molecule has 2 aromatic heterocycles. The first kappa shape index (κ1) is 30.1. The standard InChI is InChI=1S/C33H43N5O3Si/c1-31(2)12-10-23(11-13-31)28-27(9-8-26(36-28)24-18-32(3)14-15-33(4,19-24)41-32)37-30(39)29-35-25(20-34)21-38(29)22-40-16-17-42(5,6)7/h8-10,14-15,18,21H,11-13,16-17,19,22H2,1-7H3,(H,37,39)/t32-,33+/m0/s1. The van der Waals surface area contributed by atoms with Gasteiger partial charge in [-0.1, -0.05) is 51.7 Å². The summed E-state index contributed by atoms with van der Waals surface area (Å²) >= 11 is 0. The third-order valence-electron chi connectivity index (χ3n) is 8.29. The summed E-state index contributed by atoms with van der Waals surface area (Å²) in [6.07, 6.45) is 13.8. The number of ether oxygens (including phenoxy) is 2. The van der Waals surface area contributed by atoms with Gasteiger partial charge in [0.25, 0.3) is 5.91 Å². The SMILES string of the molecule is CC1(C)CC=C(c2nc(C3=C[C@]4(C)C=C[C@](C)(C3)O4)ccc2NC(=O)c2nc(C#N)cn2COCC[Si](C)(C)C)CC1. The van der Waals surface area contributed by atoms with Gasteiger partial charge >= 0.3 is 0 Å². The lowest BCUT2D eigenvalue weighted by Gasteiger charge is -2.35. The summed E-state index contributed by atoms with van der Waals surface area (Å²) in [5, 5.41) is 12.6. The van der Waals surface area contributed by atoms with E-state index < -0.39 is 19.6 Å². The summed E-state index contributed by atoms with van der Waals surface area (Å²) in [5.41, 5.74) is 4.18. The molecule has 2 aromatic rings. The summed E-state index contributed by atoms with van der Waals surface area (Å²) in [6.45, 7) is 16.4. The van der Waals surface area contributed by atoms with Crippen molar-refractivity contribution in [2.45, 2.75) is 97.0 Å². The van der Waals surface area contributed by atoms with Gasteiger partial charge in [-0.15, -0.1) is 0 Å². The number of pyridine rings is 1. The van der Waals surface area contributed by atoms with Crippen LogP contribution in [-0.2, 0) is 16.2 Å². The van der Waals surface area contributed by atoms with Crippen molar-refractivity contribution in [3.8, 4) is 6.07 Å². The fourth-order valence-electron chi connectivity index (χ4n) is 5.77. The van der Waals surface area contributed by atoms with E-state index >= 15 is 0 Å². The average molecular weight is 586 g/mol. The van der Waals surface area contributed by atoms with Gasteiger partial charge in [-0.3, -0.25) is 4.79 Å². The minimum absolute atomic E-state index is 0.143. The Labute approximate surface area is 250 Å². The van der Waals surface area contributed by atoms with Crippen LogP contribution in [0.25, 0.3) is 11.1 Å². The van der Waals surface area contributed by atoms with E-state index in [9.17, 15) is 10.1 Å². The van der Waals surface area contributed by atoms with Crippen LogP contribution in [0.3, 0.4) is 0 Å². The molecule has 1 N–H and O–H groups in total. The van der Waals surface area contributed by atoms with E-state index in [4.69, 9.17) is 14.5 Å². The van der Waals surface area contributed by atoms with Crippen LogP contribution in [0.4, 0.5) is 5.69 Å². The monoisotopic (exact) mass is 585 g/mol. The summed E-state index contributed by atoms with van der Waals surface area (Å²) in [6, 6.07) is 6.98. The number of fused-ring (bicyclic) bond motifs is 2. The molecular formula is C33H43N5O3Si. The molecule has 0 unspecified atom stereocenters. The molecule has 0 saturated carbocycles. The molecule has 2 bridgehead atoms. The van der Waals surface area contributed by atoms with E-state index in [1.807, 2.05) is 12.1 Å². The maximum atomic E-state index is 13.6. The lowest BCUT2D eigenvalue weighted by atomic mass is 9.77. The van der Waals surface area contributed by atoms with Crippen molar-refractivity contribution in [3.05, 3.63) is 65.5 Å². The summed E-state index contributed by atoms with van der Waals surface area (Å²) in [4.78, 5) is 23.1. The van der Waals surface area contributed by atoms with Gasteiger partial charge < -0.3 is 19.4 Å². The number of allylic oxidation sites excluding steroid dienone is 2. The number of nitrogens with zero attached hydrogens (tertiary/aromatic N) is 4. The second-order valence-corrected chi connectivity index (χ2v) is 19.9. The maximum absolute atomic E-state index is 13.6. The predicted octanol–water partition coefficient (Wildman–Crippen LogP) is 7.20. The van der Waals surface area contributed by atoms with Crippen LogP contribution in [0.1, 0.15) is 81.1 Å². The number of imidazole rings is 1. The molecule has 4 heterocycles. The molecule has 0 saturated heterocycles. The number of anilines is 1. The minimum atomic E-state index is -1.25. The molecule has 2 aliphatic heterocycles. The largest absolute Gasteiger partial charge is 0.361 e. The molecule has 0 radical (unpaired) electrons. The Balaban J connectivity index is 1.44. The number of hydrogen-bond acceptors (Lipinski definition) is 6. The minimum Gasteiger partial charge on any atom is -0.361 e. The number of carbonyl (C=O) groups excluding carboxylic acids is 1. The Morgan fingerprint density at radius 1 is 1.17 bits per heavy atom. The number of aromatic nitrogens is 3. The summed E-state index contributed by atoms with van der Waals surface area (Å²) in [7, 11) is -1.25. The van der Waals surface area contributed by atoms with Crippen LogP contribution in [0.5, 0.6) is 0 Å². The van der Waals surface area contributed by atoms with Gasteiger partial charge in [0, 0.05) is 27.3 Å². The first-order valence-electron chi connectivity index (χ1n) is 14.9. The van der Waals surface area contributed by atoms with Gasteiger partial charge in [-0.2, -0.15) is 5.26 Å². The molecule has 9 heteroatoms. The van der Waals surface area contributed by atoms with E-state index in [1.54, 1.807) is 10.8 Å². The van der Waals surface area contributed by atoms with Crippen molar-refractivity contribution in [2.75, 3.05) is 11.9 Å². The molecule has 2 atom stereocenters. The van der Waals surface area contributed by atoms with Gasteiger partial charge in [0.05, 0.1) is 22.7 Å². The predicted molar refractivity (Wildman–Crippen MR) is 168 cm³/mol. The van der Waals surface area contributed by atoms with E-state index in [-0.39, 0.29) is 29.3 Å². The zero-order valence-corrected chi connectivity index (χ0v) is 27.0. The van der Waals surface area contributed by atoms with Crippen molar-refractivity contribution in [1.82, 2.24) is 14.5 Å². The highest BCUT2D eigenvalue weighted by molar-refractivity contribution is 6.76. The Bertz CT molecular complexity index is 1520. The molecule has 8 nitrogen and oxygen atoms in total. The Kier molecular flexibility index (Phi) is 7.94. The van der Waals surface area contributed by atoms with Crippen LogP contribution in [0.15, 0.2) is 42.6 Å². The van der Waals surface area contributed by atoms with Crippen molar-refractivity contribution < 1.29 is 14.3 Å². The van der Waals surface area contributed by atoms with Crippen molar-refractivity contribution in [1.29, 1.82) is 5.26 Å². The normalized spacial score (nSPS) is 24.6. The van der Waals surface area contributed by atoms with Crippen LogP contribution < -0.4 is 5.32 Å². The van der Waals surface area contributed by atoms with E-state index in [2.05, 4.69) is 88.0 Å². The molecule has 0 aromatic carbocycles. The zero-order valence-electron chi connectivity index (χ0n) is 26.0. The smallest absolute Gasteiger partial charge is 0.291 e. The second kappa shape index (κ2) is 11.1. The molecule has 42 heavy (non-hydrogen) atoms. The molecule has 0 spiro atoms. The van der Waals surface area contributed by atoms with Crippen molar-refractivity contribution in [3.63, 3.8) is 0 Å². The summed E-state index contributed by atoms with van der Waals surface area (Å²) < 4.78 is 13.8. The van der Waals surface area contributed by atoms with Crippen molar-refractivity contribution in [2.24, 2.45) is 5.41 Å². The zero-order chi connectivity index (χ0) is 30.3. The van der Waals surface area contributed by atoms with Gasteiger partial charge in [-0.05, 0) is 73.9 Å².